The van der Waals surface area contributed by atoms with E-state index in [9.17, 15) is 4.79 Å². The lowest BCUT2D eigenvalue weighted by molar-refractivity contribution is 0.0645. The molecule has 0 saturated carbocycles. The van der Waals surface area contributed by atoms with Crippen LogP contribution in [0.15, 0.2) is 30.3 Å². The van der Waals surface area contributed by atoms with Crippen molar-refractivity contribution in [2.45, 2.75) is 6.42 Å². The lowest BCUT2D eigenvalue weighted by Gasteiger charge is -2.30. The Bertz CT molecular complexity index is 589. The van der Waals surface area contributed by atoms with Gasteiger partial charge in [-0.3, -0.25) is 9.89 Å². The Kier molecular flexibility index (Phi) is 2.80. The summed E-state index contributed by atoms with van der Waals surface area (Å²) in [6.45, 7) is 1.67. The number of amides is 1. The van der Waals surface area contributed by atoms with Crippen molar-refractivity contribution in [3.63, 3.8) is 0 Å². The normalized spacial score (nSPS) is 14.4. The quantitative estimate of drug-likeness (QED) is 0.903. The zero-order chi connectivity index (χ0) is 12.5. The first-order valence-electron chi connectivity index (χ1n) is 5.85. The van der Waals surface area contributed by atoms with Crippen LogP contribution in [0, 0.1) is 0 Å². The van der Waals surface area contributed by atoms with E-state index in [1.807, 2.05) is 24.3 Å². The number of hydrogen-bond donors (Lipinski definition) is 1. The van der Waals surface area contributed by atoms with Crippen LogP contribution in [0.25, 0.3) is 11.3 Å². The number of benzene rings is 1. The van der Waals surface area contributed by atoms with Crippen molar-refractivity contribution in [1.82, 2.24) is 15.1 Å². The molecule has 0 unspecified atom stereocenters. The van der Waals surface area contributed by atoms with Crippen LogP contribution in [0.3, 0.4) is 0 Å². The molecule has 1 aliphatic heterocycles. The minimum atomic E-state index is 0.00653. The van der Waals surface area contributed by atoms with Gasteiger partial charge in [-0.15, -0.1) is 0 Å². The Morgan fingerprint density at radius 1 is 1.33 bits per heavy atom. The third kappa shape index (κ3) is 1.88. The number of H-pyrrole nitrogens is 1. The van der Waals surface area contributed by atoms with Gasteiger partial charge in [-0.1, -0.05) is 29.8 Å². The molecule has 1 aromatic carbocycles. The number of rotatable bonds is 2. The minimum absolute atomic E-state index is 0.00653. The first-order valence-corrected chi connectivity index (χ1v) is 6.23. The number of nitrogens with zero attached hydrogens (tertiary/aromatic N) is 2. The summed E-state index contributed by atoms with van der Waals surface area (Å²) >= 11 is 6.10. The summed E-state index contributed by atoms with van der Waals surface area (Å²) in [5.74, 6) is 0.00653. The summed E-state index contributed by atoms with van der Waals surface area (Å²) in [6, 6.07) is 9.21. The van der Waals surface area contributed by atoms with Crippen LogP contribution in [-0.2, 0) is 0 Å². The fourth-order valence-corrected chi connectivity index (χ4v) is 2.16. The molecular formula is C13H12ClN3O. The highest BCUT2D eigenvalue weighted by Gasteiger charge is 2.23. The van der Waals surface area contributed by atoms with Crippen LogP contribution in [-0.4, -0.2) is 34.1 Å². The number of nitrogens with one attached hydrogen (secondary N) is 1. The van der Waals surface area contributed by atoms with Crippen LogP contribution < -0.4 is 0 Å². The van der Waals surface area contributed by atoms with E-state index in [0.717, 1.165) is 25.1 Å². The molecule has 0 aliphatic carbocycles. The first-order chi connectivity index (χ1) is 8.75. The smallest absolute Gasteiger partial charge is 0.271 e. The fourth-order valence-electron chi connectivity index (χ4n) is 1.93. The molecule has 1 fully saturated rings. The Balaban J connectivity index is 1.89. The van der Waals surface area contributed by atoms with Crippen molar-refractivity contribution in [2.24, 2.45) is 0 Å². The number of likely N-dealkylation sites (tertiary alicyclic amines) is 1. The Morgan fingerprint density at radius 2 is 2.11 bits per heavy atom. The molecular weight excluding hydrogens is 250 g/mol. The molecule has 3 rings (SSSR count). The molecule has 92 valence electrons. The largest absolute Gasteiger partial charge is 0.337 e. The Labute approximate surface area is 110 Å². The maximum atomic E-state index is 12.0. The fraction of sp³-hybridized carbons (Fsp3) is 0.231. The monoisotopic (exact) mass is 261 g/mol. The second kappa shape index (κ2) is 4.46. The summed E-state index contributed by atoms with van der Waals surface area (Å²) in [4.78, 5) is 13.8. The van der Waals surface area contributed by atoms with E-state index in [1.54, 1.807) is 11.0 Å². The molecule has 0 spiro atoms. The predicted octanol–water partition coefficient (Wildman–Crippen LogP) is 2.58. The molecule has 0 radical (unpaired) electrons. The Hall–Kier alpha value is -1.81. The second-order valence-corrected chi connectivity index (χ2v) is 4.70. The van der Waals surface area contributed by atoms with Gasteiger partial charge in [-0.05, 0) is 18.6 Å². The number of halogens is 1. The molecule has 2 heterocycles. The number of aromatic nitrogens is 2. The molecule has 1 N–H and O–H groups in total. The zero-order valence-electron chi connectivity index (χ0n) is 9.69. The average molecular weight is 262 g/mol. The maximum absolute atomic E-state index is 12.0. The number of hydrogen-bond acceptors (Lipinski definition) is 2. The molecule has 0 bridgehead atoms. The molecule has 0 atom stereocenters. The summed E-state index contributed by atoms with van der Waals surface area (Å²) in [5, 5.41) is 7.56. The van der Waals surface area contributed by atoms with Gasteiger partial charge in [0.2, 0.25) is 0 Å². The van der Waals surface area contributed by atoms with Gasteiger partial charge >= 0.3 is 0 Å². The Morgan fingerprint density at radius 3 is 2.78 bits per heavy atom. The van der Waals surface area contributed by atoms with E-state index in [1.165, 1.54) is 0 Å². The van der Waals surface area contributed by atoms with Crippen LogP contribution in [0.2, 0.25) is 5.02 Å². The van der Waals surface area contributed by atoms with Gasteiger partial charge in [-0.25, -0.2) is 0 Å². The number of carbonyl (C=O) groups is 1. The molecule has 2 aromatic rings. The van der Waals surface area contributed by atoms with Crippen molar-refractivity contribution in [2.75, 3.05) is 13.1 Å². The predicted molar refractivity (Wildman–Crippen MR) is 69.6 cm³/mol. The standard InChI is InChI=1S/C13H12ClN3O/c14-10-5-2-1-4-9(10)11-8-12(16-15-11)13(18)17-6-3-7-17/h1-2,4-5,8H,3,6-7H2,(H,15,16). The molecule has 1 aliphatic rings. The van der Waals surface area contributed by atoms with Gasteiger partial charge in [0.25, 0.3) is 5.91 Å². The molecule has 1 aromatic heterocycles. The lowest BCUT2D eigenvalue weighted by Crippen LogP contribution is -2.42. The van der Waals surface area contributed by atoms with Crippen molar-refractivity contribution in [1.29, 1.82) is 0 Å². The van der Waals surface area contributed by atoms with Crippen LogP contribution in [0.4, 0.5) is 0 Å². The van der Waals surface area contributed by atoms with Gasteiger partial charge < -0.3 is 4.90 Å². The van der Waals surface area contributed by atoms with Gasteiger partial charge in [0.05, 0.1) is 10.7 Å². The van der Waals surface area contributed by atoms with Crippen molar-refractivity contribution in [3.05, 3.63) is 41.0 Å². The van der Waals surface area contributed by atoms with E-state index < -0.39 is 0 Å². The van der Waals surface area contributed by atoms with Gasteiger partial charge in [0, 0.05) is 18.7 Å². The highest BCUT2D eigenvalue weighted by molar-refractivity contribution is 6.33. The van der Waals surface area contributed by atoms with Crippen LogP contribution >= 0.6 is 11.6 Å². The van der Waals surface area contributed by atoms with E-state index in [0.29, 0.717) is 16.4 Å². The summed E-state index contributed by atoms with van der Waals surface area (Å²) in [7, 11) is 0. The van der Waals surface area contributed by atoms with E-state index in [2.05, 4.69) is 10.2 Å². The van der Waals surface area contributed by atoms with Crippen molar-refractivity contribution >= 4 is 17.5 Å². The molecule has 4 nitrogen and oxygen atoms in total. The first kappa shape index (κ1) is 11.3. The number of carbonyl (C=O) groups excluding carboxylic acids is 1. The summed E-state index contributed by atoms with van der Waals surface area (Å²) in [6.07, 6.45) is 1.08. The average Bonchev–Trinajstić information content (AvgIpc) is 2.76. The zero-order valence-corrected chi connectivity index (χ0v) is 10.4. The SMILES string of the molecule is O=C(c1cc(-c2ccccc2Cl)n[nH]1)N1CCC1. The summed E-state index contributed by atoms with van der Waals surface area (Å²) in [5.41, 5.74) is 2.05. The topological polar surface area (TPSA) is 49.0 Å². The van der Waals surface area contributed by atoms with Crippen molar-refractivity contribution < 1.29 is 4.79 Å². The van der Waals surface area contributed by atoms with E-state index in [-0.39, 0.29) is 5.91 Å². The highest BCUT2D eigenvalue weighted by atomic mass is 35.5. The number of aromatic amines is 1. The van der Waals surface area contributed by atoms with Gasteiger partial charge in [-0.2, -0.15) is 5.10 Å². The van der Waals surface area contributed by atoms with E-state index in [4.69, 9.17) is 11.6 Å². The highest BCUT2D eigenvalue weighted by Crippen LogP contribution is 2.26. The maximum Gasteiger partial charge on any atom is 0.271 e. The minimum Gasteiger partial charge on any atom is -0.337 e. The molecule has 1 saturated heterocycles. The lowest BCUT2D eigenvalue weighted by atomic mass is 10.1. The van der Waals surface area contributed by atoms with Gasteiger partial charge in [0.15, 0.2) is 0 Å². The van der Waals surface area contributed by atoms with E-state index >= 15 is 0 Å². The summed E-state index contributed by atoms with van der Waals surface area (Å²) < 4.78 is 0. The van der Waals surface area contributed by atoms with Crippen LogP contribution in [0.5, 0.6) is 0 Å². The van der Waals surface area contributed by atoms with Gasteiger partial charge in [0.1, 0.15) is 5.69 Å². The molecule has 18 heavy (non-hydrogen) atoms. The third-order valence-electron chi connectivity index (χ3n) is 3.10. The second-order valence-electron chi connectivity index (χ2n) is 4.29. The third-order valence-corrected chi connectivity index (χ3v) is 3.43. The molecule has 5 heteroatoms. The molecule has 1 amide bonds. The van der Waals surface area contributed by atoms with Crippen molar-refractivity contribution in [3.8, 4) is 11.3 Å². The van der Waals surface area contributed by atoms with Crippen LogP contribution in [0.1, 0.15) is 16.9 Å².